The first-order valence-electron chi connectivity index (χ1n) is 4.40. The monoisotopic (exact) mass is 143 g/mol. The fourth-order valence-corrected chi connectivity index (χ4v) is 1.51. The molecule has 10 heavy (non-hydrogen) atoms. The van der Waals surface area contributed by atoms with Crippen molar-refractivity contribution in [3.63, 3.8) is 0 Å². The zero-order chi connectivity index (χ0) is 8.15. The Labute approximate surface area is 65.4 Å². The van der Waals surface area contributed by atoms with Gasteiger partial charge in [0.05, 0.1) is 0 Å². The van der Waals surface area contributed by atoms with Crippen LogP contribution < -0.4 is 0 Å². The number of hydrogen-bond acceptors (Lipinski definition) is 1. The minimum absolute atomic E-state index is 0.824. The number of nitrogens with zero attached hydrogens (tertiary/aromatic N) is 1. The quantitative estimate of drug-likeness (QED) is 0.503. The third kappa shape index (κ3) is 2.70. The van der Waals surface area contributed by atoms with Gasteiger partial charge in [-0.15, -0.1) is 0 Å². The second-order valence-corrected chi connectivity index (χ2v) is 3.13. The van der Waals surface area contributed by atoms with Gasteiger partial charge in [-0.05, 0) is 26.3 Å². The Bertz CT molecular complexity index is 70.8. The summed E-state index contributed by atoms with van der Waals surface area (Å²) in [5.41, 5.74) is 0. The summed E-state index contributed by atoms with van der Waals surface area (Å²) in [5.74, 6) is 0.926. The molecule has 62 valence electrons. The first-order valence-corrected chi connectivity index (χ1v) is 4.40. The van der Waals surface area contributed by atoms with E-state index in [1.165, 1.54) is 13.0 Å². The Kier molecular flexibility index (Phi) is 4.71. The summed E-state index contributed by atoms with van der Waals surface area (Å²) in [7, 11) is 2.20. The summed E-state index contributed by atoms with van der Waals surface area (Å²) in [6, 6.07) is 0.824. The van der Waals surface area contributed by atoms with Crippen molar-refractivity contribution in [2.45, 2.75) is 40.2 Å². The lowest BCUT2D eigenvalue weighted by atomic mass is 10.1. The van der Waals surface area contributed by atoms with Crippen LogP contribution in [0.15, 0.2) is 0 Å². The lowest BCUT2D eigenvalue weighted by Crippen LogP contribution is -2.21. The normalized spacial score (nSPS) is 33.3. The molecule has 0 amide bonds. The predicted molar refractivity (Wildman–Crippen MR) is 47.2 cm³/mol. The Balaban J connectivity index is 0.000000371. The molecule has 0 radical (unpaired) electrons. The highest BCUT2D eigenvalue weighted by Crippen LogP contribution is 2.19. The molecule has 1 nitrogen and oxygen atoms in total. The molecule has 0 saturated carbocycles. The Morgan fingerprint density at radius 3 is 1.80 bits per heavy atom. The summed E-state index contributed by atoms with van der Waals surface area (Å²) in [6.07, 6.45) is 1.39. The van der Waals surface area contributed by atoms with E-state index < -0.39 is 0 Å². The van der Waals surface area contributed by atoms with Crippen LogP contribution in [0.2, 0.25) is 0 Å². The number of hydrogen-bond donors (Lipinski definition) is 0. The zero-order valence-electron chi connectivity index (χ0n) is 8.02. The molecule has 0 aromatic rings. The van der Waals surface area contributed by atoms with E-state index in [0.717, 1.165) is 12.0 Å². The van der Waals surface area contributed by atoms with E-state index in [9.17, 15) is 0 Å². The number of likely N-dealkylation sites (tertiary alicyclic amines) is 1. The highest BCUT2D eigenvalue weighted by molar-refractivity contribution is 4.76. The highest BCUT2D eigenvalue weighted by atomic mass is 15.1. The van der Waals surface area contributed by atoms with Crippen LogP contribution in [-0.2, 0) is 0 Å². The van der Waals surface area contributed by atoms with Gasteiger partial charge >= 0.3 is 0 Å². The molecule has 1 rings (SSSR count). The lowest BCUT2D eigenvalue weighted by molar-refractivity contribution is 0.327. The standard InChI is InChI=1S/C7H15N.C2H6/c1-6-4-7(2)8(3)5-6;1-2/h6-7H,4-5H2,1-3H3;1-2H3/t6-,7+;/m1./s1. The maximum atomic E-state index is 2.42. The second kappa shape index (κ2) is 4.73. The molecule has 0 spiro atoms. The molecule has 1 saturated heterocycles. The van der Waals surface area contributed by atoms with Crippen molar-refractivity contribution in [3.05, 3.63) is 0 Å². The maximum absolute atomic E-state index is 2.42. The van der Waals surface area contributed by atoms with E-state index in [-0.39, 0.29) is 0 Å². The molecule has 0 unspecified atom stereocenters. The third-order valence-corrected chi connectivity index (χ3v) is 2.10. The molecule has 1 heterocycles. The largest absolute Gasteiger partial charge is 0.303 e. The van der Waals surface area contributed by atoms with Gasteiger partial charge in [0.1, 0.15) is 0 Å². The van der Waals surface area contributed by atoms with Crippen molar-refractivity contribution < 1.29 is 0 Å². The minimum Gasteiger partial charge on any atom is -0.303 e. The van der Waals surface area contributed by atoms with Crippen LogP contribution in [0.5, 0.6) is 0 Å². The van der Waals surface area contributed by atoms with Crippen LogP contribution >= 0.6 is 0 Å². The molecule has 1 aliphatic heterocycles. The highest BCUT2D eigenvalue weighted by Gasteiger charge is 2.21. The van der Waals surface area contributed by atoms with Crippen molar-refractivity contribution in [1.29, 1.82) is 0 Å². The van der Waals surface area contributed by atoms with Gasteiger partial charge in [0.25, 0.3) is 0 Å². The fourth-order valence-electron chi connectivity index (χ4n) is 1.51. The van der Waals surface area contributed by atoms with E-state index in [1.54, 1.807) is 0 Å². The SMILES string of the molecule is CC.C[C@@H]1C[C@H](C)N(C)C1. The molecular formula is C9H21N. The van der Waals surface area contributed by atoms with Crippen molar-refractivity contribution >= 4 is 0 Å². The zero-order valence-corrected chi connectivity index (χ0v) is 8.02. The van der Waals surface area contributed by atoms with Crippen molar-refractivity contribution in [2.24, 2.45) is 5.92 Å². The van der Waals surface area contributed by atoms with Crippen LogP contribution in [0.1, 0.15) is 34.1 Å². The van der Waals surface area contributed by atoms with Gasteiger partial charge in [-0.2, -0.15) is 0 Å². The average molecular weight is 143 g/mol. The first kappa shape index (κ1) is 9.96. The Morgan fingerprint density at radius 1 is 1.20 bits per heavy atom. The van der Waals surface area contributed by atoms with E-state index in [0.29, 0.717) is 0 Å². The summed E-state index contributed by atoms with van der Waals surface area (Å²) in [6.45, 7) is 9.91. The van der Waals surface area contributed by atoms with Crippen molar-refractivity contribution in [3.8, 4) is 0 Å². The van der Waals surface area contributed by atoms with Crippen molar-refractivity contribution in [1.82, 2.24) is 4.90 Å². The molecule has 0 N–H and O–H groups in total. The van der Waals surface area contributed by atoms with E-state index in [2.05, 4.69) is 25.8 Å². The molecule has 1 heteroatoms. The minimum atomic E-state index is 0.824. The van der Waals surface area contributed by atoms with Gasteiger partial charge in [0.2, 0.25) is 0 Å². The van der Waals surface area contributed by atoms with Gasteiger partial charge in [0, 0.05) is 12.6 Å². The maximum Gasteiger partial charge on any atom is 0.00670 e. The smallest absolute Gasteiger partial charge is 0.00670 e. The molecular weight excluding hydrogens is 122 g/mol. The molecule has 2 atom stereocenters. The van der Waals surface area contributed by atoms with Crippen LogP contribution in [0, 0.1) is 5.92 Å². The Hall–Kier alpha value is -0.0400. The second-order valence-electron chi connectivity index (χ2n) is 3.13. The van der Waals surface area contributed by atoms with Gasteiger partial charge in [0.15, 0.2) is 0 Å². The average Bonchev–Trinajstić information content (AvgIpc) is 2.16. The van der Waals surface area contributed by atoms with Gasteiger partial charge in [-0.3, -0.25) is 0 Å². The van der Waals surface area contributed by atoms with Crippen LogP contribution in [-0.4, -0.2) is 24.5 Å². The van der Waals surface area contributed by atoms with Gasteiger partial charge in [-0.1, -0.05) is 20.8 Å². The van der Waals surface area contributed by atoms with E-state index >= 15 is 0 Å². The van der Waals surface area contributed by atoms with Crippen LogP contribution in [0.3, 0.4) is 0 Å². The molecule has 0 aromatic carbocycles. The molecule has 1 aliphatic rings. The molecule has 0 aromatic heterocycles. The van der Waals surface area contributed by atoms with Crippen LogP contribution in [0.25, 0.3) is 0 Å². The van der Waals surface area contributed by atoms with Crippen LogP contribution in [0.4, 0.5) is 0 Å². The van der Waals surface area contributed by atoms with Gasteiger partial charge < -0.3 is 4.90 Å². The van der Waals surface area contributed by atoms with Gasteiger partial charge in [-0.25, -0.2) is 0 Å². The Morgan fingerprint density at radius 2 is 1.70 bits per heavy atom. The summed E-state index contributed by atoms with van der Waals surface area (Å²) in [5, 5.41) is 0. The predicted octanol–water partition coefficient (Wildman–Crippen LogP) is 2.37. The molecule has 1 fully saturated rings. The number of rotatable bonds is 0. The summed E-state index contributed by atoms with van der Waals surface area (Å²) >= 11 is 0. The first-order chi connectivity index (χ1) is 4.70. The van der Waals surface area contributed by atoms with E-state index in [4.69, 9.17) is 0 Å². The van der Waals surface area contributed by atoms with E-state index in [1.807, 2.05) is 13.8 Å². The lowest BCUT2D eigenvalue weighted by Gasteiger charge is -2.12. The summed E-state index contributed by atoms with van der Waals surface area (Å²) in [4.78, 5) is 2.42. The molecule has 0 aliphatic carbocycles. The third-order valence-electron chi connectivity index (χ3n) is 2.10. The fraction of sp³-hybridized carbons (Fsp3) is 1.00. The molecule has 0 bridgehead atoms. The van der Waals surface area contributed by atoms with Crippen molar-refractivity contribution in [2.75, 3.05) is 13.6 Å². The topological polar surface area (TPSA) is 3.24 Å². The summed E-state index contributed by atoms with van der Waals surface area (Å²) < 4.78 is 0.